The summed E-state index contributed by atoms with van der Waals surface area (Å²) < 4.78 is 6.06. The van der Waals surface area contributed by atoms with E-state index in [2.05, 4.69) is 10.2 Å². The first-order valence-electron chi connectivity index (χ1n) is 10.2. The molecule has 3 aliphatic rings. The van der Waals surface area contributed by atoms with Crippen LogP contribution in [-0.2, 0) is 28.9 Å². The second-order valence-electron chi connectivity index (χ2n) is 8.08. The monoisotopic (exact) mass is 377 g/mol. The first-order valence-corrected chi connectivity index (χ1v) is 11.0. The molecule has 1 N–H and O–H groups in total. The zero-order valence-corrected chi connectivity index (χ0v) is 16.9. The van der Waals surface area contributed by atoms with Crippen LogP contribution in [0.25, 0.3) is 0 Å². The highest BCUT2D eigenvalue weighted by Crippen LogP contribution is 2.43. The summed E-state index contributed by atoms with van der Waals surface area (Å²) in [5.74, 6) is 0.164. The fourth-order valence-corrected chi connectivity index (χ4v) is 6.27. The van der Waals surface area contributed by atoms with Gasteiger partial charge in [-0.2, -0.15) is 0 Å². The maximum Gasteiger partial charge on any atom is 0.219 e. The highest BCUT2D eigenvalue weighted by molar-refractivity contribution is 7.11. The Hall–Kier alpha value is -0.980. The zero-order chi connectivity index (χ0) is 18.1. The third kappa shape index (κ3) is 3.43. The van der Waals surface area contributed by atoms with Crippen LogP contribution in [0.5, 0.6) is 0 Å². The van der Waals surface area contributed by atoms with Crippen LogP contribution in [0.4, 0.5) is 0 Å². The molecule has 4 rings (SSSR count). The highest BCUT2D eigenvalue weighted by Gasteiger charge is 2.51. The van der Waals surface area contributed by atoms with Crippen LogP contribution >= 0.6 is 11.3 Å². The lowest BCUT2D eigenvalue weighted by Crippen LogP contribution is -2.54. The second kappa shape index (κ2) is 7.56. The van der Waals surface area contributed by atoms with Gasteiger partial charge in [-0.05, 0) is 51.4 Å². The van der Waals surface area contributed by atoms with Gasteiger partial charge in [0.2, 0.25) is 5.91 Å². The van der Waals surface area contributed by atoms with Crippen LogP contribution in [0.15, 0.2) is 0 Å². The summed E-state index contributed by atoms with van der Waals surface area (Å²) in [4.78, 5) is 20.9. The van der Waals surface area contributed by atoms with Crippen molar-refractivity contribution in [3.63, 3.8) is 0 Å². The van der Waals surface area contributed by atoms with E-state index in [9.17, 15) is 4.79 Å². The number of carbonyl (C=O) groups excluding carboxylic acids is 1. The minimum atomic E-state index is -0.0374. The lowest BCUT2D eigenvalue weighted by atomic mass is 9.78. The molecule has 3 atom stereocenters. The van der Waals surface area contributed by atoms with Crippen LogP contribution in [0.1, 0.15) is 67.4 Å². The Morgan fingerprint density at radius 3 is 3.00 bits per heavy atom. The average molecular weight is 378 g/mol. The molecule has 0 bridgehead atoms. The number of nitrogens with one attached hydrogen (secondary N) is 1. The Morgan fingerprint density at radius 1 is 1.38 bits per heavy atom. The molecule has 144 valence electrons. The van der Waals surface area contributed by atoms with Crippen molar-refractivity contribution in [3.05, 3.63) is 15.6 Å². The summed E-state index contributed by atoms with van der Waals surface area (Å²) in [6.45, 7) is 3.92. The van der Waals surface area contributed by atoms with Crippen molar-refractivity contribution in [3.8, 4) is 0 Å². The topological polar surface area (TPSA) is 54.5 Å². The lowest BCUT2D eigenvalue weighted by molar-refractivity contribution is -0.123. The van der Waals surface area contributed by atoms with Gasteiger partial charge in [-0.25, -0.2) is 4.98 Å². The number of amides is 1. The van der Waals surface area contributed by atoms with Crippen molar-refractivity contribution < 1.29 is 9.53 Å². The highest BCUT2D eigenvalue weighted by atomic mass is 32.1. The molecule has 2 fully saturated rings. The van der Waals surface area contributed by atoms with Gasteiger partial charge in [0.25, 0.3) is 0 Å². The van der Waals surface area contributed by atoms with Crippen molar-refractivity contribution >= 4 is 17.2 Å². The number of methoxy groups -OCH3 is 1. The smallest absolute Gasteiger partial charge is 0.219 e. The number of hydrogen-bond acceptors (Lipinski definition) is 5. The Balaban J connectivity index is 1.47. The van der Waals surface area contributed by atoms with Crippen molar-refractivity contribution in [1.82, 2.24) is 15.2 Å². The molecule has 1 amide bonds. The molecule has 2 heterocycles. The van der Waals surface area contributed by atoms with E-state index in [1.165, 1.54) is 34.8 Å². The van der Waals surface area contributed by atoms with Crippen molar-refractivity contribution in [2.24, 2.45) is 0 Å². The third-order valence-electron chi connectivity index (χ3n) is 6.62. The minimum absolute atomic E-state index is 0.0374. The third-order valence-corrected chi connectivity index (χ3v) is 7.76. The molecular weight excluding hydrogens is 346 g/mol. The number of aryl methyl sites for hydroxylation is 2. The Kier molecular flexibility index (Phi) is 5.35. The number of carbonyl (C=O) groups is 1. The molecule has 0 radical (unpaired) electrons. The second-order valence-corrected chi connectivity index (χ2v) is 9.25. The van der Waals surface area contributed by atoms with Gasteiger partial charge < -0.3 is 10.1 Å². The van der Waals surface area contributed by atoms with E-state index in [1.807, 2.05) is 25.4 Å². The lowest BCUT2D eigenvalue weighted by Gasteiger charge is -2.43. The molecule has 1 aromatic rings. The maximum atomic E-state index is 11.8. The van der Waals surface area contributed by atoms with Crippen LogP contribution < -0.4 is 5.32 Å². The average Bonchev–Trinajstić information content (AvgIpc) is 3.23. The molecule has 0 aromatic carbocycles. The molecule has 1 aliphatic heterocycles. The van der Waals surface area contributed by atoms with Gasteiger partial charge in [0.05, 0.1) is 17.8 Å². The van der Waals surface area contributed by atoms with Gasteiger partial charge in [0.1, 0.15) is 5.01 Å². The summed E-state index contributed by atoms with van der Waals surface area (Å²) >= 11 is 1.92. The Morgan fingerprint density at radius 2 is 2.23 bits per heavy atom. The van der Waals surface area contributed by atoms with Crippen molar-refractivity contribution in [1.29, 1.82) is 0 Å². The molecule has 2 aliphatic carbocycles. The molecule has 1 saturated carbocycles. The van der Waals surface area contributed by atoms with Crippen molar-refractivity contribution in [2.45, 2.75) is 88.9 Å². The van der Waals surface area contributed by atoms with Crippen LogP contribution in [-0.4, -0.2) is 47.1 Å². The Labute approximate surface area is 160 Å². The normalized spacial score (nSPS) is 31.5. The van der Waals surface area contributed by atoms with E-state index >= 15 is 0 Å². The van der Waals surface area contributed by atoms with Gasteiger partial charge in [-0.3, -0.25) is 9.69 Å². The number of hydrogen-bond donors (Lipinski definition) is 1. The molecule has 6 heteroatoms. The Bertz CT molecular complexity index is 638. The van der Waals surface area contributed by atoms with Crippen LogP contribution in [0, 0.1) is 0 Å². The molecule has 1 aromatic heterocycles. The van der Waals surface area contributed by atoms with E-state index in [0.29, 0.717) is 12.5 Å². The molecule has 0 unspecified atom stereocenters. The quantitative estimate of drug-likeness (QED) is 0.857. The molecule has 26 heavy (non-hydrogen) atoms. The van der Waals surface area contributed by atoms with E-state index < -0.39 is 0 Å². The number of aromatic nitrogens is 1. The van der Waals surface area contributed by atoms with Crippen LogP contribution in [0.2, 0.25) is 0 Å². The fraction of sp³-hybridized carbons (Fsp3) is 0.800. The summed E-state index contributed by atoms with van der Waals surface area (Å²) in [6.07, 6.45) is 9.67. The largest absolute Gasteiger partial charge is 0.377 e. The number of nitrogens with zero attached hydrogens (tertiary/aromatic N) is 2. The summed E-state index contributed by atoms with van der Waals surface area (Å²) in [7, 11) is 1.86. The predicted molar refractivity (Wildman–Crippen MR) is 103 cm³/mol. The van der Waals surface area contributed by atoms with Gasteiger partial charge in [-0.15, -0.1) is 11.3 Å². The van der Waals surface area contributed by atoms with Gasteiger partial charge in [0, 0.05) is 37.0 Å². The number of likely N-dealkylation sites (tertiary alicyclic amines) is 1. The molecule has 0 spiro atoms. The van der Waals surface area contributed by atoms with Gasteiger partial charge >= 0.3 is 0 Å². The number of ether oxygens (including phenoxy) is 1. The molecular formula is C20H31N3O2S. The summed E-state index contributed by atoms with van der Waals surface area (Å²) in [5.41, 5.74) is 1.31. The van der Waals surface area contributed by atoms with Gasteiger partial charge in [0.15, 0.2) is 0 Å². The number of thiazole rings is 1. The number of fused-ring (bicyclic) bond motifs is 2. The minimum Gasteiger partial charge on any atom is -0.377 e. The molecule has 1 saturated heterocycles. The maximum absolute atomic E-state index is 11.8. The fourth-order valence-electron chi connectivity index (χ4n) is 5.09. The number of rotatable bonds is 5. The SMILES string of the molecule is CCC(=O)N[C@@H]1CC[C@@]2(OC)CCN(Cc3nc4c(s3)CCCC4)[C@H]2C1. The van der Waals surface area contributed by atoms with E-state index in [1.54, 1.807) is 0 Å². The van der Waals surface area contributed by atoms with E-state index in [4.69, 9.17) is 9.72 Å². The van der Waals surface area contributed by atoms with E-state index in [-0.39, 0.29) is 17.6 Å². The summed E-state index contributed by atoms with van der Waals surface area (Å²) in [6, 6.07) is 0.658. The zero-order valence-electron chi connectivity index (χ0n) is 16.1. The molecule has 5 nitrogen and oxygen atoms in total. The standard InChI is InChI=1S/C20H31N3O2S/c1-3-18(24)21-14-8-9-20(25-2)10-11-23(17(20)12-14)13-19-22-15-6-4-5-7-16(15)26-19/h14,17H,3-13H2,1-2H3,(H,21,24)/t14-,17+,20-/m1/s1. The van der Waals surface area contributed by atoms with Gasteiger partial charge in [-0.1, -0.05) is 6.92 Å². The van der Waals surface area contributed by atoms with Crippen LogP contribution in [0.3, 0.4) is 0 Å². The van der Waals surface area contributed by atoms with E-state index in [0.717, 1.165) is 45.2 Å². The first kappa shape index (κ1) is 18.4. The van der Waals surface area contributed by atoms with Crippen molar-refractivity contribution in [2.75, 3.05) is 13.7 Å². The summed E-state index contributed by atoms with van der Waals surface area (Å²) in [5, 5.41) is 4.48. The predicted octanol–water partition coefficient (Wildman–Crippen LogP) is 3.06. The first-order chi connectivity index (χ1) is 12.6.